The Kier molecular flexibility index (Phi) is 8.25. The van der Waals surface area contributed by atoms with E-state index in [1.807, 2.05) is 28.5 Å². The standard InChI is InChI=1S/C21H30N2O3S/c1-15(2)10-23(21(24)13-25-5)11-17-14-27-20(22-17)12-26-19-9-7-6-8-18(19)16(3)4/h6-9,14-16H,10-13H2,1-5H3. The number of benzene rings is 1. The van der Waals surface area contributed by atoms with Crippen LogP contribution in [0.4, 0.5) is 0 Å². The van der Waals surface area contributed by atoms with Gasteiger partial charge in [0.05, 0.1) is 12.2 Å². The smallest absolute Gasteiger partial charge is 0.248 e. The molecule has 27 heavy (non-hydrogen) atoms. The predicted octanol–water partition coefficient (Wildman–Crippen LogP) is 4.48. The second-order valence-electron chi connectivity index (χ2n) is 7.31. The van der Waals surface area contributed by atoms with E-state index >= 15 is 0 Å². The first-order valence-electron chi connectivity index (χ1n) is 9.32. The first-order chi connectivity index (χ1) is 12.9. The summed E-state index contributed by atoms with van der Waals surface area (Å²) in [4.78, 5) is 18.7. The van der Waals surface area contributed by atoms with Crippen molar-refractivity contribution in [3.8, 4) is 5.75 Å². The lowest BCUT2D eigenvalue weighted by atomic mass is 10.0. The number of para-hydroxylation sites is 1. The molecule has 0 bridgehead atoms. The van der Waals surface area contributed by atoms with Crippen molar-refractivity contribution in [1.82, 2.24) is 9.88 Å². The van der Waals surface area contributed by atoms with Gasteiger partial charge in [-0.3, -0.25) is 4.79 Å². The molecule has 0 N–H and O–H groups in total. The van der Waals surface area contributed by atoms with Gasteiger partial charge >= 0.3 is 0 Å². The molecule has 0 spiro atoms. The van der Waals surface area contributed by atoms with Crippen LogP contribution in [0.15, 0.2) is 29.6 Å². The highest BCUT2D eigenvalue weighted by molar-refractivity contribution is 7.09. The Morgan fingerprint density at radius 1 is 1.22 bits per heavy atom. The van der Waals surface area contributed by atoms with Crippen molar-refractivity contribution in [1.29, 1.82) is 0 Å². The number of rotatable bonds is 10. The fourth-order valence-electron chi connectivity index (χ4n) is 2.82. The normalized spacial score (nSPS) is 11.2. The summed E-state index contributed by atoms with van der Waals surface area (Å²) >= 11 is 1.56. The van der Waals surface area contributed by atoms with Gasteiger partial charge in [0, 0.05) is 19.0 Å². The van der Waals surface area contributed by atoms with E-state index < -0.39 is 0 Å². The second kappa shape index (κ2) is 10.4. The summed E-state index contributed by atoms with van der Waals surface area (Å²) in [6, 6.07) is 8.11. The van der Waals surface area contributed by atoms with Gasteiger partial charge in [-0.25, -0.2) is 4.98 Å². The minimum atomic E-state index is -0.0112. The maximum absolute atomic E-state index is 12.3. The molecule has 0 aliphatic heterocycles. The molecule has 148 valence electrons. The number of thiazole rings is 1. The predicted molar refractivity (Wildman–Crippen MR) is 109 cm³/mol. The minimum absolute atomic E-state index is 0.0112. The molecule has 1 heterocycles. The van der Waals surface area contributed by atoms with Crippen LogP contribution in [0, 0.1) is 5.92 Å². The summed E-state index contributed by atoms with van der Waals surface area (Å²) in [7, 11) is 1.54. The topological polar surface area (TPSA) is 51.7 Å². The maximum atomic E-state index is 12.3. The third kappa shape index (κ3) is 6.63. The van der Waals surface area contributed by atoms with E-state index in [1.54, 1.807) is 18.4 Å². The molecule has 1 aromatic heterocycles. The number of ether oxygens (including phenoxy) is 2. The third-order valence-electron chi connectivity index (χ3n) is 4.05. The second-order valence-corrected chi connectivity index (χ2v) is 8.26. The Morgan fingerprint density at radius 3 is 2.63 bits per heavy atom. The zero-order valence-electron chi connectivity index (χ0n) is 16.9. The number of hydrogen-bond donors (Lipinski definition) is 0. The molecular formula is C21H30N2O3S. The van der Waals surface area contributed by atoms with Crippen molar-refractivity contribution in [2.24, 2.45) is 5.92 Å². The van der Waals surface area contributed by atoms with Crippen molar-refractivity contribution in [2.75, 3.05) is 20.3 Å². The molecule has 0 fully saturated rings. The van der Waals surface area contributed by atoms with Crippen LogP contribution in [0.1, 0.15) is 49.9 Å². The Hall–Kier alpha value is -1.92. The van der Waals surface area contributed by atoms with Crippen LogP contribution in [0.3, 0.4) is 0 Å². The molecule has 0 radical (unpaired) electrons. The molecule has 2 aromatic rings. The van der Waals surface area contributed by atoms with Gasteiger partial charge in [-0.2, -0.15) is 0 Å². The molecule has 0 saturated carbocycles. The lowest BCUT2D eigenvalue weighted by Gasteiger charge is -2.23. The largest absolute Gasteiger partial charge is 0.486 e. The summed E-state index contributed by atoms with van der Waals surface area (Å²) in [5, 5.41) is 2.91. The van der Waals surface area contributed by atoms with Gasteiger partial charge in [0.15, 0.2) is 0 Å². The van der Waals surface area contributed by atoms with Gasteiger partial charge in [0.1, 0.15) is 24.0 Å². The summed E-state index contributed by atoms with van der Waals surface area (Å²) in [6.45, 7) is 10.2. The molecule has 5 nitrogen and oxygen atoms in total. The van der Waals surface area contributed by atoms with Crippen molar-refractivity contribution in [3.05, 3.63) is 45.9 Å². The van der Waals surface area contributed by atoms with E-state index in [1.165, 1.54) is 5.56 Å². The zero-order chi connectivity index (χ0) is 19.8. The van der Waals surface area contributed by atoms with E-state index in [-0.39, 0.29) is 12.5 Å². The molecule has 0 unspecified atom stereocenters. The maximum Gasteiger partial charge on any atom is 0.248 e. The number of aromatic nitrogens is 1. The average molecular weight is 391 g/mol. The highest BCUT2D eigenvalue weighted by Crippen LogP contribution is 2.27. The number of amides is 1. The van der Waals surface area contributed by atoms with Crippen LogP contribution in [-0.2, 0) is 22.7 Å². The molecule has 1 amide bonds. The lowest BCUT2D eigenvalue weighted by Crippen LogP contribution is -2.36. The quantitative estimate of drug-likeness (QED) is 0.600. The number of methoxy groups -OCH3 is 1. The minimum Gasteiger partial charge on any atom is -0.486 e. The fraction of sp³-hybridized carbons (Fsp3) is 0.524. The number of carbonyl (C=O) groups is 1. The Morgan fingerprint density at radius 2 is 1.96 bits per heavy atom. The molecule has 2 rings (SSSR count). The number of hydrogen-bond acceptors (Lipinski definition) is 5. The van der Waals surface area contributed by atoms with E-state index in [4.69, 9.17) is 9.47 Å². The van der Waals surface area contributed by atoms with E-state index in [0.29, 0.717) is 31.5 Å². The lowest BCUT2D eigenvalue weighted by molar-refractivity contribution is -0.136. The average Bonchev–Trinajstić information content (AvgIpc) is 3.07. The zero-order valence-corrected chi connectivity index (χ0v) is 17.7. The van der Waals surface area contributed by atoms with Crippen molar-refractivity contribution in [3.63, 3.8) is 0 Å². The first kappa shape index (κ1) is 21.4. The molecule has 0 aliphatic carbocycles. The molecule has 6 heteroatoms. The highest BCUT2D eigenvalue weighted by Gasteiger charge is 2.17. The van der Waals surface area contributed by atoms with Gasteiger partial charge < -0.3 is 14.4 Å². The van der Waals surface area contributed by atoms with E-state index in [9.17, 15) is 4.79 Å². The van der Waals surface area contributed by atoms with Gasteiger partial charge in [0.25, 0.3) is 0 Å². The Labute approximate surface area is 166 Å². The van der Waals surface area contributed by atoms with Crippen LogP contribution in [0.2, 0.25) is 0 Å². The first-order valence-corrected chi connectivity index (χ1v) is 10.2. The summed E-state index contributed by atoms with van der Waals surface area (Å²) in [5.74, 6) is 1.69. The molecule has 0 aliphatic rings. The van der Waals surface area contributed by atoms with Crippen LogP contribution in [-0.4, -0.2) is 36.1 Å². The summed E-state index contributed by atoms with van der Waals surface area (Å²) < 4.78 is 11.0. The fourth-order valence-corrected chi connectivity index (χ4v) is 3.52. The Bertz CT molecular complexity index is 728. The van der Waals surface area contributed by atoms with Crippen molar-refractivity contribution >= 4 is 17.2 Å². The van der Waals surface area contributed by atoms with Crippen LogP contribution >= 0.6 is 11.3 Å². The number of nitrogens with zero attached hydrogens (tertiary/aromatic N) is 2. The molecule has 0 saturated heterocycles. The van der Waals surface area contributed by atoms with Crippen molar-refractivity contribution < 1.29 is 14.3 Å². The van der Waals surface area contributed by atoms with E-state index in [2.05, 4.69) is 38.7 Å². The van der Waals surface area contributed by atoms with Gasteiger partial charge in [-0.15, -0.1) is 11.3 Å². The van der Waals surface area contributed by atoms with Gasteiger partial charge in [-0.1, -0.05) is 45.9 Å². The highest BCUT2D eigenvalue weighted by atomic mass is 32.1. The molecule has 1 aromatic carbocycles. The Balaban J connectivity index is 2.00. The molecule has 0 atom stereocenters. The number of carbonyl (C=O) groups excluding carboxylic acids is 1. The van der Waals surface area contributed by atoms with E-state index in [0.717, 1.165) is 16.5 Å². The van der Waals surface area contributed by atoms with Crippen molar-refractivity contribution in [2.45, 2.75) is 46.8 Å². The van der Waals surface area contributed by atoms with Crippen LogP contribution in [0.25, 0.3) is 0 Å². The monoisotopic (exact) mass is 390 g/mol. The van der Waals surface area contributed by atoms with Crippen LogP contribution < -0.4 is 4.74 Å². The third-order valence-corrected chi connectivity index (χ3v) is 4.92. The van der Waals surface area contributed by atoms with Crippen LogP contribution in [0.5, 0.6) is 5.75 Å². The summed E-state index contributed by atoms with van der Waals surface area (Å²) in [6.07, 6.45) is 0. The summed E-state index contributed by atoms with van der Waals surface area (Å²) in [5.41, 5.74) is 2.09. The SMILES string of the molecule is COCC(=O)N(Cc1csc(COc2ccccc2C(C)C)n1)CC(C)C. The van der Waals surface area contributed by atoms with Gasteiger partial charge in [-0.05, 0) is 23.5 Å². The van der Waals surface area contributed by atoms with Gasteiger partial charge in [0.2, 0.25) is 5.91 Å². The molecular weight excluding hydrogens is 360 g/mol.